The molecule has 1 unspecified atom stereocenters. The van der Waals surface area contributed by atoms with Crippen LogP contribution in [0.4, 0.5) is 31.8 Å². The quantitative estimate of drug-likeness (QED) is 0.269. The zero-order chi connectivity index (χ0) is 27.4. The number of fused-ring (bicyclic) bond motifs is 1. The first kappa shape index (κ1) is 26.8. The van der Waals surface area contributed by atoms with Crippen LogP contribution in [0, 0.1) is 5.82 Å². The van der Waals surface area contributed by atoms with Gasteiger partial charge >= 0.3 is 0 Å². The first-order valence-electron chi connectivity index (χ1n) is 12.8. The number of halogens is 2. The lowest BCUT2D eigenvalue weighted by Gasteiger charge is -2.33. The van der Waals surface area contributed by atoms with Gasteiger partial charge in [-0.15, -0.1) is 0 Å². The number of aromatic nitrogens is 3. The summed E-state index contributed by atoms with van der Waals surface area (Å²) in [6.45, 7) is 4.21. The lowest BCUT2D eigenvalue weighted by molar-refractivity contribution is 0.484. The highest BCUT2D eigenvalue weighted by Gasteiger charge is 2.18. The SMILES string of the molecule is CC1CN(c2ccc(Nc3ncc4ccn(Cc5ccccc5NS(=O)(=O)CCCF)c4n3)c(F)c2)CCN1. The number of alkyl halides is 1. The van der Waals surface area contributed by atoms with E-state index < -0.39 is 22.5 Å². The van der Waals surface area contributed by atoms with Gasteiger partial charge in [0.15, 0.2) is 0 Å². The van der Waals surface area contributed by atoms with Crippen LogP contribution in [0.25, 0.3) is 11.0 Å². The number of hydrogen-bond donors (Lipinski definition) is 3. The Morgan fingerprint density at radius 2 is 2.00 bits per heavy atom. The van der Waals surface area contributed by atoms with Gasteiger partial charge in [-0.05, 0) is 49.2 Å². The Labute approximate surface area is 226 Å². The van der Waals surface area contributed by atoms with Gasteiger partial charge in [0.05, 0.1) is 30.3 Å². The first-order valence-corrected chi connectivity index (χ1v) is 14.5. The molecule has 2 aromatic heterocycles. The van der Waals surface area contributed by atoms with Crippen LogP contribution in [0.2, 0.25) is 0 Å². The van der Waals surface area contributed by atoms with Crippen LogP contribution < -0.4 is 20.3 Å². The van der Waals surface area contributed by atoms with Crippen molar-refractivity contribution in [3.63, 3.8) is 0 Å². The predicted octanol–water partition coefficient (Wildman–Crippen LogP) is 4.26. The van der Waals surface area contributed by atoms with E-state index in [1.165, 1.54) is 6.07 Å². The Kier molecular flexibility index (Phi) is 7.94. The number of anilines is 4. The fourth-order valence-corrected chi connectivity index (χ4v) is 5.78. The second-order valence-corrected chi connectivity index (χ2v) is 11.5. The molecule has 9 nitrogen and oxygen atoms in total. The maximum absolute atomic E-state index is 15.0. The van der Waals surface area contributed by atoms with Crippen LogP contribution in [0.1, 0.15) is 18.9 Å². The molecule has 0 bridgehead atoms. The Hall–Kier alpha value is -3.77. The minimum absolute atomic E-state index is 0.0648. The molecule has 0 radical (unpaired) electrons. The topological polar surface area (TPSA) is 104 Å². The van der Waals surface area contributed by atoms with Gasteiger partial charge in [-0.25, -0.2) is 17.8 Å². The van der Waals surface area contributed by atoms with Crippen LogP contribution in [0.15, 0.2) is 60.9 Å². The van der Waals surface area contributed by atoms with Crippen molar-refractivity contribution in [2.45, 2.75) is 25.9 Å². The number of benzene rings is 2. The van der Waals surface area contributed by atoms with E-state index in [0.717, 1.165) is 36.3 Å². The Morgan fingerprint density at radius 1 is 1.15 bits per heavy atom. The number of nitrogens with one attached hydrogen (secondary N) is 3. The van der Waals surface area contributed by atoms with Crippen molar-refractivity contribution in [3.05, 3.63) is 72.3 Å². The Balaban J connectivity index is 1.35. The van der Waals surface area contributed by atoms with Crippen molar-refractivity contribution in [2.75, 3.05) is 47.0 Å². The lowest BCUT2D eigenvalue weighted by atomic mass is 10.2. The largest absolute Gasteiger partial charge is 0.369 e. The average molecular weight is 556 g/mol. The molecule has 1 fully saturated rings. The smallest absolute Gasteiger partial charge is 0.232 e. The number of hydrogen-bond acceptors (Lipinski definition) is 7. The van der Waals surface area contributed by atoms with E-state index >= 15 is 4.39 Å². The van der Waals surface area contributed by atoms with Gasteiger partial charge in [0, 0.05) is 49.1 Å². The van der Waals surface area contributed by atoms with Gasteiger partial charge in [0.1, 0.15) is 11.5 Å². The normalized spacial score (nSPS) is 16.0. The van der Waals surface area contributed by atoms with Gasteiger partial charge < -0.3 is 20.1 Å². The molecule has 12 heteroatoms. The molecule has 5 rings (SSSR count). The number of piperazine rings is 1. The van der Waals surface area contributed by atoms with Crippen LogP contribution >= 0.6 is 0 Å². The zero-order valence-electron chi connectivity index (χ0n) is 21.6. The number of para-hydroxylation sites is 1. The van der Waals surface area contributed by atoms with Crippen molar-refractivity contribution >= 4 is 44.1 Å². The van der Waals surface area contributed by atoms with Crippen LogP contribution in [-0.2, 0) is 16.6 Å². The molecule has 0 spiro atoms. The minimum Gasteiger partial charge on any atom is -0.369 e. The standard InChI is InChI=1S/C27H31F2N7O2S/c1-19-17-35(13-11-30-19)22-7-8-25(23(29)15-22)32-27-31-16-20-9-12-36(26(20)33-27)18-21-5-2-3-6-24(21)34-39(37,38)14-4-10-28/h2-3,5-9,12,15-16,19,30,34H,4,10-11,13-14,17-18H2,1H3,(H,31,32,33). The third-order valence-electron chi connectivity index (χ3n) is 6.61. The maximum atomic E-state index is 15.0. The van der Waals surface area contributed by atoms with Crippen molar-refractivity contribution in [1.82, 2.24) is 19.9 Å². The predicted molar refractivity (Wildman–Crippen MR) is 150 cm³/mol. The highest BCUT2D eigenvalue weighted by molar-refractivity contribution is 7.92. The summed E-state index contributed by atoms with van der Waals surface area (Å²) >= 11 is 0. The molecule has 0 amide bonds. The number of nitrogens with zero attached hydrogens (tertiary/aromatic N) is 4. The molecule has 1 aliphatic heterocycles. The van der Waals surface area contributed by atoms with Gasteiger partial charge in [0.2, 0.25) is 16.0 Å². The molecule has 39 heavy (non-hydrogen) atoms. The molecule has 1 aliphatic rings. The summed E-state index contributed by atoms with van der Waals surface area (Å²) in [5, 5.41) is 7.15. The number of rotatable bonds is 10. The molecule has 206 valence electrons. The summed E-state index contributed by atoms with van der Waals surface area (Å²) in [6.07, 6.45) is 3.42. The van der Waals surface area contributed by atoms with E-state index in [1.54, 1.807) is 24.4 Å². The zero-order valence-corrected chi connectivity index (χ0v) is 22.4. The van der Waals surface area contributed by atoms with Gasteiger partial charge in [-0.3, -0.25) is 9.11 Å². The summed E-state index contributed by atoms with van der Waals surface area (Å²) in [5.41, 5.74) is 2.85. The average Bonchev–Trinajstić information content (AvgIpc) is 3.31. The molecule has 1 atom stereocenters. The number of sulfonamides is 1. The fourth-order valence-electron chi connectivity index (χ4n) is 4.65. The van der Waals surface area contributed by atoms with Gasteiger partial charge in [-0.2, -0.15) is 4.98 Å². The summed E-state index contributed by atoms with van der Waals surface area (Å²) in [7, 11) is -3.68. The van der Waals surface area contributed by atoms with E-state index in [9.17, 15) is 12.8 Å². The molecule has 3 heterocycles. The Morgan fingerprint density at radius 3 is 2.79 bits per heavy atom. The highest BCUT2D eigenvalue weighted by Crippen LogP contribution is 2.26. The van der Waals surface area contributed by atoms with Crippen molar-refractivity contribution in [3.8, 4) is 0 Å². The highest BCUT2D eigenvalue weighted by atomic mass is 32.2. The van der Waals surface area contributed by atoms with Crippen molar-refractivity contribution in [1.29, 1.82) is 0 Å². The molecule has 3 N–H and O–H groups in total. The summed E-state index contributed by atoms with van der Waals surface area (Å²) in [6, 6.07) is 14.3. The van der Waals surface area contributed by atoms with Crippen molar-refractivity contribution in [2.24, 2.45) is 0 Å². The second-order valence-electron chi connectivity index (χ2n) is 9.63. The monoisotopic (exact) mass is 555 g/mol. The van der Waals surface area contributed by atoms with Crippen LogP contribution in [0.3, 0.4) is 0 Å². The second kappa shape index (κ2) is 11.5. The maximum Gasteiger partial charge on any atom is 0.232 e. The molecule has 0 saturated carbocycles. The van der Waals surface area contributed by atoms with E-state index in [1.807, 2.05) is 35.0 Å². The van der Waals surface area contributed by atoms with E-state index in [2.05, 4.69) is 37.1 Å². The summed E-state index contributed by atoms with van der Waals surface area (Å²) in [5.74, 6) is -0.449. The van der Waals surface area contributed by atoms with Crippen LogP contribution in [-0.4, -0.2) is 61.1 Å². The lowest BCUT2D eigenvalue weighted by Crippen LogP contribution is -2.49. The minimum atomic E-state index is -3.68. The molecule has 0 aliphatic carbocycles. The third-order valence-corrected chi connectivity index (χ3v) is 7.96. The molecule has 1 saturated heterocycles. The van der Waals surface area contributed by atoms with Crippen molar-refractivity contribution < 1.29 is 17.2 Å². The molecular weight excluding hydrogens is 524 g/mol. The van der Waals surface area contributed by atoms with Gasteiger partial charge in [-0.1, -0.05) is 18.2 Å². The fraction of sp³-hybridized carbons (Fsp3) is 0.333. The van der Waals surface area contributed by atoms with Crippen LogP contribution in [0.5, 0.6) is 0 Å². The molecular formula is C27H31F2N7O2S. The van der Waals surface area contributed by atoms with E-state index in [4.69, 9.17) is 0 Å². The molecule has 2 aromatic carbocycles. The third kappa shape index (κ3) is 6.45. The van der Waals surface area contributed by atoms with E-state index in [0.29, 0.717) is 23.9 Å². The Bertz CT molecular complexity index is 1560. The summed E-state index contributed by atoms with van der Waals surface area (Å²) in [4.78, 5) is 11.1. The first-order chi connectivity index (χ1) is 18.8. The van der Waals surface area contributed by atoms with Gasteiger partial charge in [0.25, 0.3) is 0 Å². The van der Waals surface area contributed by atoms with E-state index in [-0.39, 0.29) is 23.8 Å². The molecule has 4 aromatic rings. The summed E-state index contributed by atoms with van der Waals surface area (Å²) < 4.78 is 56.6.